The van der Waals surface area contributed by atoms with E-state index in [4.69, 9.17) is 4.74 Å². The lowest BCUT2D eigenvalue weighted by molar-refractivity contribution is 0.0930. The van der Waals surface area contributed by atoms with Gasteiger partial charge in [0.25, 0.3) is 5.91 Å². The third kappa shape index (κ3) is 4.28. The molecule has 6 nitrogen and oxygen atoms in total. The summed E-state index contributed by atoms with van der Waals surface area (Å²) < 4.78 is 5.30. The highest BCUT2D eigenvalue weighted by Gasteiger charge is 2.25. The molecule has 1 aliphatic heterocycles. The highest BCUT2D eigenvalue weighted by molar-refractivity contribution is 7.17. The number of carbonyl (C=O) groups is 1. The number of nitrogens with one attached hydrogen (secondary N) is 1. The summed E-state index contributed by atoms with van der Waals surface area (Å²) in [5.41, 5.74) is 4.01. The standard InChI is InChI=1S/C26H26N4O2S/c1-17-5-3-4-6-21(17)25(31)29-19-11-13-30(14-12-19)24-23-22(15-33-26(23)28-16-27-24)18-7-9-20(32-2)10-8-18/h3-10,15-16,19H,11-14H2,1-2H3,(H,29,31). The van der Waals surface area contributed by atoms with Crippen molar-refractivity contribution in [3.05, 3.63) is 71.4 Å². The fourth-order valence-electron chi connectivity index (χ4n) is 4.41. The molecule has 2 aromatic heterocycles. The van der Waals surface area contributed by atoms with Crippen LogP contribution in [0.4, 0.5) is 5.82 Å². The molecular formula is C26H26N4O2S. The van der Waals surface area contributed by atoms with Gasteiger partial charge in [0.05, 0.1) is 12.5 Å². The van der Waals surface area contributed by atoms with Crippen molar-refractivity contribution in [2.24, 2.45) is 0 Å². The molecule has 1 saturated heterocycles. The third-order valence-corrected chi connectivity index (χ3v) is 7.16. The normalized spacial score (nSPS) is 14.4. The molecule has 0 saturated carbocycles. The summed E-state index contributed by atoms with van der Waals surface area (Å²) in [5, 5.41) is 6.47. The number of methoxy groups -OCH3 is 1. The summed E-state index contributed by atoms with van der Waals surface area (Å²) in [5.74, 6) is 1.82. The van der Waals surface area contributed by atoms with Crippen LogP contribution in [-0.4, -0.2) is 42.1 Å². The zero-order valence-electron chi connectivity index (χ0n) is 18.7. The maximum absolute atomic E-state index is 12.7. The lowest BCUT2D eigenvalue weighted by Crippen LogP contribution is -2.45. The quantitative estimate of drug-likeness (QED) is 0.452. The third-order valence-electron chi connectivity index (χ3n) is 6.27. The summed E-state index contributed by atoms with van der Waals surface area (Å²) in [6.45, 7) is 3.64. The van der Waals surface area contributed by atoms with E-state index in [0.717, 1.165) is 70.0 Å². The van der Waals surface area contributed by atoms with E-state index in [0.29, 0.717) is 0 Å². The van der Waals surface area contributed by atoms with Gasteiger partial charge in [-0.15, -0.1) is 11.3 Å². The average molecular weight is 459 g/mol. The first-order valence-corrected chi connectivity index (χ1v) is 12.0. The van der Waals surface area contributed by atoms with E-state index < -0.39 is 0 Å². The number of piperidine rings is 1. The lowest BCUT2D eigenvalue weighted by Gasteiger charge is -2.33. The molecule has 1 N–H and O–H groups in total. The average Bonchev–Trinajstić information content (AvgIpc) is 3.29. The molecule has 0 aliphatic carbocycles. The van der Waals surface area contributed by atoms with Crippen molar-refractivity contribution in [3.63, 3.8) is 0 Å². The summed E-state index contributed by atoms with van der Waals surface area (Å²) >= 11 is 1.64. The smallest absolute Gasteiger partial charge is 0.251 e. The van der Waals surface area contributed by atoms with Crippen LogP contribution in [0.15, 0.2) is 60.2 Å². The number of benzene rings is 2. The van der Waals surface area contributed by atoms with Crippen LogP contribution in [0.5, 0.6) is 5.75 Å². The fourth-order valence-corrected chi connectivity index (χ4v) is 5.32. The Balaban J connectivity index is 1.34. The molecule has 1 fully saturated rings. The van der Waals surface area contributed by atoms with Gasteiger partial charge in [0.15, 0.2) is 0 Å². The topological polar surface area (TPSA) is 67.4 Å². The molecule has 1 amide bonds. The zero-order chi connectivity index (χ0) is 22.8. The Bertz CT molecular complexity index is 1280. The van der Waals surface area contributed by atoms with Crippen molar-refractivity contribution in [2.45, 2.75) is 25.8 Å². The van der Waals surface area contributed by atoms with Gasteiger partial charge < -0.3 is 15.0 Å². The number of hydrogen-bond acceptors (Lipinski definition) is 6. The minimum absolute atomic E-state index is 0.00982. The van der Waals surface area contributed by atoms with Crippen LogP contribution in [0.2, 0.25) is 0 Å². The molecule has 168 valence electrons. The first kappa shape index (κ1) is 21.4. The van der Waals surface area contributed by atoms with Crippen LogP contribution in [0.25, 0.3) is 21.3 Å². The number of aromatic nitrogens is 2. The molecule has 33 heavy (non-hydrogen) atoms. The molecule has 0 bridgehead atoms. The summed E-state index contributed by atoms with van der Waals surface area (Å²) in [4.78, 5) is 25.2. The Hall–Kier alpha value is -3.45. The monoisotopic (exact) mass is 458 g/mol. The number of rotatable bonds is 5. The predicted molar refractivity (Wildman–Crippen MR) is 133 cm³/mol. The molecule has 5 rings (SSSR count). The van der Waals surface area contributed by atoms with Crippen LogP contribution in [0.1, 0.15) is 28.8 Å². The van der Waals surface area contributed by atoms with E-state index in [9.17, 15) is 4.79 Å². The first-order valence-electron chi connectivity index (χ1n) is 11.1. The highest BCUT2D eigenvalue weighted by Crippen LogP contribution is 2.39. The largest absolute Gasteiger partial charge is 0.497 e. The van der Waals surface area contributed by atoms with Crippen molar-refractivity contribution in [2.75, 3.05) is 25.1 Å². The highest BCUT2D eigenvalue weighted by atomic mass is 32.1. The number of amides is 1. The molecule has 0 spiro atoms. The van der Waals surface area contributed by atoms with Gasteiger partial charge in [-0.1, -0.05) is 30.3 Å². The van der Waals surface area contributed by atoms with Crippen LogP contribution < -0.4 is 15.0 Å². The van der Waals surface area contributed by atoms with E-state index >= 15 is 0 Å². The number of nitrogens with zero attached hydrogens (tertiary/aromatic N) is 3. The van der Waals surface area contributed by atoms with Crippen molar-refractivity contribution in [1.82, 2.24) is 15.3 Å². The van der Waals surface area contributed by atoms with Gasteiger partial charge in [-0.3, -0.25) is 4.79 Å². The second-order valence-electron chi connectivity index (χ2n) is 8.31. The first-order chi connectivity index (χ1) is 16.1. The Morgan fingerprint density at radius 1 is 1.09 bits per heavy atom. The Kier molecular flexibility index (Phi) is 5.96. The molecular weight excluding hydrogens is 432 g/mol. The molecule has 1 aliphatic rings. The summed E-state index contributed by atoms with van der Waals surface area (Å²) in [6.07, 6.45) is 3.41. The van der Waals surface area contributed by atoms with Crippen LogP contribution in [0.3, 0.4) is 0 Å². The van der Waals surface area contributed by atoms with E-state index in [1.54, 1.807) is 24.8 Å². The van der Waals surface area contributed by atoms with E-state index in [1.165, 1.54) is 0 Å². The van der Waals surface area contributed by atoms with Gasteiger partial charge in [0.2, 0.25) is 0 Å². The second-order valence-corrected chi connectivity index (χ2v) is 9.16. The summed E-state index contributed by atoms with van der Waals surface area (Å²) in [7, 11) is 1.67. The van der Waals surface area contributed by atoms with Gasteiger partial charge in [-0.05, 0) is 49.1 Å². The number of anilines is 1. The molecule has 2 aromatic carbocycles. The van der Waals surface area contributed by atoms with Gasteiger partial charge in [0, 0.05) is 35.6 Å². The Morgan fingerprint density at radius 3 is 2.58 bits per heavy atom. The number of thiophene rings is 1. The SMILES string of the molecule is COc1ccc(-c2csc3ncnc(N4CCC(NC(=O)c5ccccc5C)CC4)c23)cc1. The van der Waals surface area contributed by atoms with Gasteiger partial charge in [0.1, 0.15) is 22.7 Å². The van der Waals surface area contributed by atoms with E-state index in [1.807, 2.05) is 43.3 Å². The number of fused-ring (bicyclic) bond motifs is 1. The molecule has 3 heterocycles. The van der Waals surface area contributed by atoms with Gasteiger partial charge >= 0.3 is 0 Å². The fraction of sp³-hybridized carbons (Fsp3) is 0.269. The van der Waals surface area contributed by atoms with Crippen molar-refractivity contribution in [3.8, 4) is 16.9 Å². The van der Waals surface area contributed by atoms with E-state index in [2.05, 4.69) is 37.7 Å². The molecule has 0 radical (unpaired) electrons. The Labute approximate surface area is 197 Å². The van der Waals surface area contributed by atoms with E-state index in [-0.39, 0.29) is 11.9 Å². The lowest BCUT2D eigenvalue weighted by atomic mass is 10.0. The van der Waals surface area contributed by atoms with Gasteiger partial charge in [-0.25, -0.2) is 9.97 Å². The number of ether oxygens (including phenoxy) is 1. The minimum Gasteiger partial charge on any atom is -0.497 e. The Morgan fingerprint density at radius 2 is 1.85 bits per heavy atom. The maximum Gasteiger partial charge on any atom is 0.251 e. The minimum atomic E-state index is 0.00982. The maximum atomic E-state index is 12.7. The molecule has 0 atom stereocenters. The van der Waals surface area contributed by atoms with Crippen LogP contribution in [0, 0.1) is 6.92 Å². The number of hydrogen-bond donors (Lipinski definition) is 1. The molecule has 0 unspecified atom stereocenters. The van der Waals surface area contributed by atoms with Crippen molar-refractivity contribution >= 4 is 33.3 Å². The predicted octanol–water partition coefficient (Wildman–Crippen LogP) is 5.07. The van der Waals surface area contributed by atoms with Crippen molar-refractivity contribution < 1.29 is 9.53 Å². The summed E-state index contributed by atoms with van der Waals surface area (Å²) in [6, 6.07) is 16.0. The number of aryl methyl sites for hydroxylation is 1. The second kappa shape index (κ2) is 9.19. The van der Waals surface area contributed by atoms with Gasteiger partial charge in [-0.2, -0.15) is 0 Å². The van der Waals surface area contributed by atoms with Crippen LogP contribution >= 0.6 is 11.3 Å². The molecule has 4 aromatic rings. The van der Waals surface area contributed by atoms with Crippen LogP contribution in [-0.2, 0) is 0 Å². The molecule has 7 heteroatoms. The number of carbonyl (C=O) groups excluding carboxylic acids is 1. The zero-order valence-corrected chi connectivity index (χ0v) is 19.6. The van der Waals surface area contributed by atoms with Crippen molar-refractivity contribution in [1.29, 1.82) is 0 Å².